The molecule has 2 nitrogen and oxygen atoms in total. The van der Waals surface area contributed by atoms with E-state index in [9.17, 15) is 0 Å². The number of aromatic nitrogens is 1. The molecule has 13 heavy (non-hydrogen) atoms. The Kier molecular flexibility index (Phi) is 2.39. The minimum atomic E-state index is 0.435. The Bertz CT molecular complexity index is 286. The molecule has 0 aromatic carbocycles. The zero-order chi connectivity index (χ0) is 9.42. The first-order valence-corrected chi connectivity index (χ1v) is 5.67. The third-order valence-corrected chi connectivity index (χ3v) is 4.08. The lowest BCUT2D eigenvalue weighted by atomic mass is 9.78. The van der Waals surface area contributed by atoms with Crippen LogP contribution in [0.2, 0.25) is 0 Å². The van der Waals surface area contributed by atoms with E-state index in [1.54, 1.807) is 0 Å². The Morgan fingerprint density at radius 1 is 1.46 bits per heavy atom. The van der Waals surface area contributed by atoms with E-state index in [2.05, 4.69) is 18.8 Å². The number of aryl methyl sites for hydroxylation is 2. The number of hydrogen-bond donors (Lipinski definition) is 1. The van der Waals surface area contributed by atoms with Gasteiger partial charge in [0.2, 0.25) is 0 Å². The van der Waals surface area contributed by atoms with Crippen molar-refractivity contribution in [2.75, 3.05) is 0 Å². The zero-order valence-corrected chi connectivity index (χ0v) is 9.03. The number of rotatable bonds is 2. The molecule has 1 aromatic heterocycles. The maximum Gasteiger partial charge on any atom is 0.0934 e. The third kappa shape index (κ3) is 1.76. The number of hydrogen-bond acceptors (Lipinski definition) is 3. The molecule has 1 aromatic rings. The summed E-state index contributed by atoms with van der Waals surface area (Å²) in [4.78, 5) is 5.88. The largest absolute Gasteiger partial charge is 0.327 e. The maximum absolute atomic E-state index is 5.89. The van der Waals surface area contributed by atoms with Gasteiger partial charge in [-0.1, -0.05) is 0 Å². The smallest absolute Gasteiger partial charge is 0.0934 e. The quantitative estimate of drug-likeness (QED) is 0.786. The normalized spacial score (nSPS) is 27.3. The summed E-state index contributed by atoms with van der Waals surface area (Å²) in [6.07, 6.45) is 3.59. The molecule has 1 saturated carbocycles. The van der Waals surface area contributed by atoms with Crippen LogP contribution in [-0.4, -0.2) is 11.0 Å². The fraction of sp³-hybridized carbons (Fsp3) is 0.700. The number of thiazole rings is 1. The lowest BCUT2D eigenvalue weighted by molar-refractivity contribution is 0.255. The molecule has 1 aliphatic rings. The average Bonchev–Trinajstić information content (AvgIpc) is 2.40. The fourth-order valence-electron chi connectivity index (χ4n) is 1.70. The molecular formula is C10H16N2S. The van der Waals surface area contributed by atoms with Gasteiger partial charge in [0.1, 0.15) is 0 Å². The van der Waals surface area contributed by atoms with Crippen LogP contribution in [0.5, 0.6) is 0 Å². The van der Waals surface area contributed by atoms with Crippen molar-refractivity contribution in [2.24, 2.45) is 11.7 Å². The van der Waals surface area contributed by atoms with Crippen molar-refractivity contribution in [3.05, 3.63) is 15.6 Å². The molecule has 0 radical (unpaired) electrons. The van der Waals surface area contributed by atoms with Crippen LogP contribution in [0.15, 0.2) is 0 Å². The standard InChI is InChI=1S/C10H16N2S/c1-6-7(2)13-10(12-6)5-8-3-4-9(8)11/h8-9H,3-5,11H2,1-2H3. The van der Waals surface area contributed by atoms with Crippen molar-refractivity contribution in [2.45, 2.75) is 39.2 Å². The molecule has 0 aliphatic heterocycles. The Hall–Kier alpha value is -0.410. The van der Waals surface area contributed by atoms with Gasteiger partial charge >= 0.3 is 0 Å². The van der Waals surface area contributed by atoms with E-state index >= 15 is 0 Å². The predicted octanol–water partition coefficient (Wildman–Crippen LogP) is 2.04. The molecule has 2 unspecified atom stereocenters. The second kappa shape index (κ2) is 3.39. The van der Waals surface area contributed by atoms with Crippen LogP contribution in [0.4, 0.5) is 0 Å². The highest BCUT2D eigenvalue weighted by Crippen LogP contribution is 2.30. The van der Waals surface area contributed by atoms with Gasteiger partial charge in [-0.15, -0.1) is 11.3 Å². The van der Waals surface area contributed by atoms with E-state index < -0.39 is 0 Å². The molecule has 0 saturated heterocycles. The molecular weight excluding hydrogens is 180 g/mol. The summed E-state index contributed by atoms with van der Waals surface area (Å²) in [5, 5.41) is 1.27. The van der Waals surface area contributed by atoms with E-state index in [0.29, 0.717) is 12.0 Å². The van der Waals surface area contributed by atoms with Gasteiger partial charge in [-0.25, -0.2) is 4.98 Å². The van der Waals surface area contributed by atoms with Gasteiger partial charge in [0, 0.05) is 17.3 Å². The molecule has 0 spiro atoms. The average molecular weight is 196 g/mol. The van der Waals surface area contributed by atoms with Crippen LogP contribution in [0.25, 0.3) is 0 Å². The second-order valence-corrected chi connectivity index (χ2v) is 5.24. The third-order valence-electron chi connectivity index (χ3n) is 2.99. The summed E-state index contributed by atoms with van der Waals surface area (Å²) in [5.74, 6) is 0.699. The molecule has 1 fully saturated rings. The molecule has 1 heterocycles. The van der Waals surface area contributed by atoms with Gasteiger partial charge in [-0.2, -0.15) is 0 Å². The molecule has 0 amide bonds. The van der Waals surface area contributed by atoms with Gasteiger partial charge in [0.05, 0.1) is 10.7 Å². The van der Waals surface area contributed by atoms with Crippen LogP contribution in [0.3, 0.4) is 0 Å². The highest BCUT2D eigenvalue weighted by molar-refractivity contribution is 7.11. The number of nitrogens with two attached hydrogens (primary N) is 1. The lowest BCUT2D eigenvalue weighted by Crippen LogP contribution is -2.40. The van der Waals surface area contributed by atoms with Crippen molar-refractivity contribution in [3.63, 3.8) is 0 Å². The van der Waals surface area contributed by atoms with Gasteiger partial charge in [-0.05, 0) is 32.6 Å². The Morgan fingerprint density at radius 3 is 2.62 bits per heavy atom. The van der Waals surface area contributed by atoms with Crippen LogP contribution in [0, 0.1) is 19.8 Å². The summed E-state index contributed by atoms with van der Waals surface area (Å²) in [5.41, 5.74) is 7.08. The zero-order valence-electron chi connectivity index (χ0n) is 8.21. The highest BCUT2D eigenvalue weighted by Gasteiger charge is 2.28. The summed E-state index contributed by atoms with van der Waals surface area (Å²) in [6, 6.07) is 0.435. The summed E-state index contributed by atoms with van der Waals surface area (Å²) in [7, 11) is 0. The molecule has 2 atom stereocenters. The minimum absolute atomic E-state index is 0.435. The summed E-state index contributed by atoms with van der Waals surface area (Å²) < 4.78 is 0. The van der Waals surface area contributed by atoms with Crippen molar-refractivity contribution in [1.82, 2.24) is 4.98 Å². The topological polar surface area (TPSA) is 38.9 Å². The van der Waals surface area contributed by atoms with Gasteiger partial charge in [0.15, 0.2) is 0 Å². The van der Waals surface area contributed by atoms with Crippen molar-refractivity contribution in [3.8, 4) is 0 Å². The Balaban J connectivity index is 2.01. The van der Waals surface area contributed by atoms with E-state index in [1.807, 2.05) is 11.3 Å². The maximum atomic E-state index is 5.89. The van der Waals surface area contributed by atoms with E-state index in [-0.39, 0.29) is 0 Å². The van der Waals surface area contributed by atoms with Crippen LogP contribution in [0.1, 0.15) is 28.4 Å². The first-order valence-electron chi connectivity index (χ1n) is 4.85. The Morgan fingerprint density at radius 2 is 2.23 bits per heavy atom. The minimum Gasteiger partial charge on any atom is -0.327 e. The predicted molar refractivity (Wildman–Crippen MR) is 56.0 cm³/mol. The fourth-order valence-corrected chi connectivity index (χ4v) is 2.73. The first kappa shape index (κ1) is 9.16. The van der Waals surface area contributed by atoms with Gasteiger partial charge in [-0.3, -0.25) is 0 Å². The van der Waals surface area contributed by atoms with Crippen LogP contribution >= 0.6 is 11.3 Å². The summed E-state index contributed by atoms with van der Waals surface area (Å²) in [6.45, 7) is 4.22. The van der Waals surface area contributed by atoms with Crippen molar-refractivity contribution < 1.29 is 0 Å². The van der Waals surface area contributed by atoms with Gasteiger partial charge < -0.3 is 5.73 Å². The SMILES string of the molecule is Cc1nc(CC2CCC2N)sc1C. The molecule has 2 rings (SSSR count). The summed E-state index contributed by atoms with van der Waals surface area (Å²) >= 11 is 1.83. The number of nitrogens with zero attached hydrogens (tertiary/aromatic N) is 1. The van der Waals surface area contributed by atoms with E-state index in [0.717, 1.165) is 6.42 Å². The molecule has 3 heteroatoms. The van der Waals surface area contributed by atoms with Crippen LogP contribution < -0.4 is 5.73 Å². The molecule has 1 aliphatic carbocycles. The van der Waals surface area contributed by atoms with E-state index in [1.165, 1.54) is 28.4 Å². The second-order valence-electron chi connectivity index (χ2n) is 3.95. The Labute approximate surface area is 83.2 Å². The molecule has 72 valence electrons. The van der Waals surface area contributed by atoms with Crippen molar-refractivity contribution in [1.29, 1.82) is 0 Å². The lowest BCUT2D eigenvalue weighted by Gasteiger charge is -2.32. The first-order chi connectivity index (χ1) is 6.16. The highest BCUT2D eigenvalue weighted by atomic mass is 32.1. The molecule has 2 N–H and O–H groups in total. The van der Waals surface area contributed by atoms with E-state index in [4.69, 9.17) is 5.73 Å². The molecule has 0 bridgehead atoms. The monoisotopic (exact) mass is 196 g/mol. The van der Waals surface area contributed by atoms with Gasteiger partial charge in [0.25, 0.3) is 0 Å². The van der Waals surface area contributed by atoms with Crippen molar-refractivity contribution >= 4 is 11.3 Å². The van der Waals surface area contributed by atoms with Crippen LogP contribution in [-0.2, 0) is 6.42 Å².